The first kappa shape index (κ1) is 16.8. The molecule has 0 aromatic heterocycles. The third-order valence-corrected chi connectivity index (χ3v) is 3.70. The van der Waals surface area contributed by atoms with Gasteiger partial charge in [-0.25, -0.2) is 4.79 Å². The highest BCUT2D eigenvalue weighted by molar-refractivity contribution is 5.68. The van der Waals surface area contributed by atoms with Crippen LogP contribution in [0.2, 0.25) is 0 Å². The molecule has 2 rings (SSSR count). The molecule has 0 unspecified atom stereocenters. The molecule has 1 amide bonds. The topological polar surface area (TPSA) is 61.8 Å². The molecule has 0 spiro atoms. The van der Waals surface area contributed by atoms with E-state index in [1.807, 2.05) is 39.0 Å². The van der Waals surface area contributed by atoms with Gasteiger partial charge in [0.05, 0.1) is 6.04 Å². The molecule has 5 heteroatoms. The number of hydrogen-bond acceptors (Lipinski definition) is 4. The summed E-state index contributed by atoms with van der Waals surface area (Å²) in [5.41, 5.74) is 0.721. The van der Waals surface area contributed by atoms with E-state index in [2.05, 4.69) is 22.3 Å². The van der Waals surface area contributed by atoms with Crippen molar-refractivity contribution in [3.05, 3.63) is 35.9 Å². The molecule has 0 bridgehead atoms. The zero-order valence-electron chi connectivity index (χ0n) is 13.6. The minimum atomic E-state index is -0.513. The molecule has 2 N–H and O–H groups in total. The quantitative estimate of drug-likeness (QED) is 0.893. The lowest BCUT2D eigenvalue weighted by molar-refractivity contribution is 0.0487. The van der Waals surface area contributed by atoms with Gasteiger partial charge in [-0.3, -0.25) is 4.90 Å². The summed E-state index contributed by atoms with van der Waals surface area (Å²) in [7, 11) is 0. The van der Waals surface area contributed by atoms with Crippen molar-refractivity contribution in [2.24, 2.45) is 5.92 Å². The van der Waals surface area contributed by atoms with Crippen LogP contribution in [-0.4, -0.2) is 47.4 Å². The van der Waals surface area contributed by atoms with Crippen LogP contribution in [0.15, 0.2) is 30.3 Å². The third kappa shape index (κ3) is 5.00. The van der Waals surface area contributed by atoms with Crippen molar-refractivity contribution >= 4 is 6.09 Å². The Morgan fingerprint density at radius 2 is 2.00 bits per heavy atom. The van der Waals surface area contributed by atoms with Crippen molar-refractivity contribution in [1.29, 1.82) is 0 Å². The Kier molecular flexibility index (Phi) is 5.42. The molecule has 1 aromatic carbocycles. The molecule has 0 saturated carbocycles. The number of likely N-dealkylation sites (tertiary alicyclic amines) is 1. The highest BCUT2D eigenvalue weighted by atomic mass is 16.6. The molecular weight excluding hydrogens is 280 g/mol. The van der Waals surface area contributed by atoms with Gasteiger partial charge < -0.3 is 15.2 Å². The van der Waals surface area contributed by atoms with Gasteiger partial charge in [-0.2, -0.15) is 0 Å². The summed E-state index contributed by atoms with van der Waals surface area (Å²) in [6, 6.07) is 10.1. The largest absolute Gasteiger partial charge is 0.444 e. The molecule has 0 aliphatic carbocycles. The molecule has 0 radical (unpaired) electrons. The van der Waals surface area contributed by atoms with E-state index >= 15 is 0 Å². The zero-order chi connectivity index (χ0) is 16.2. The zero-order valence-corrected chi connectivity index (χ0v) is 13.6. The van der Waals surface area contributed by atoms with E-state index in [-0.39, 0.29) is 18.6 Å². The van der Waals surface area contributed by atoms with Crippen molar-refractivity contribution in [1.82, 2.24) is 10.2 Å². The Balaban J connectivity index is 1.90. The van der Waals surface area contributed by atoms with E-state index in [1.54, 1.807) is 0 Å². The van der Waals surface area contributed by atoms with E-state index < -0.39 is 11.7 Å². The van der Waals surface area contributed by atoms with Gasteiger partial charge in [0.2, 0.25) is 0 Å². The third-order valence-electron chi connectivity index (χ3n) is 3.70. The Labute approximate surface area is 132 Å². The number of benzene rings is 1. The van der Waals surface area contributed by atoms with Gasteiger partial charge in [0.25, 0.3) is 0 Å². The van der Waals surface area contributed by atoms with Gasteiger partial charge in [-0.1, -0.05) is 30.3 Å². The summed E-state index contributed by atoms with van der Waals surface area (Å²) in [5.74, 6) is 0.0382. The van der Waals surface area contributed by atoms with Gasteiger partial charge >= 0.3 is 6.09 Å². The average molecular weight is 306 g/mol. The first-order chi connectivity index (χ1) is 10.4. The maximum atomic E-state index is 11.9. The van der Waals surface area contributed by atoms with Gasteiger partial charge in [0.1, 0.15) is 5.60 Å². The highest BCUT2D eigenvalue weighted by Gasteiger charge is 2.34. The van der Waals surface area contributed by atoms with Crippen molar-refractivity contribution in [3.63, 3.8) is 0 Å². The van der Waals surface area contributed by atoms with Crippen molar-refractivity contribution in [3.8, 4) is 0 Å². The predicted molar refractivity (Wildman–Crippen MR) is 85.5 cm³/mol. The van der Waals surface area contributed by atoms with E-state index in [4.69, 9.17) is 4.74 Å². The first-order valence-electron chi connectivity index (χ1n) is 7.74. The normalized spacial score (nSPS) is 22.5. The SMILES string of the molecule is CC(C)(C)OC(=O)N[C@@H]1CN(Cc2ccccc2)C[C@H]1CO. The maximum Gasteiger partial charge on any atom is 0.407 e. The number of ether oxygens (including phenoxy) is 1. The van der Waals surface area contributed by atoms with Gasteiger partial charge in [0.15, 0.2) is 0 Å². The van der Waals surface area contributed by atoms with Gasteiger partial charge in [-0.15, -0.1) is 0 Å². The lowest BCUT2D eigenvalue weighted by Crippen LogP contribution is -2.44. The predicted octanol–water partition coefficient (Wildman–Crippen LogP) is 2.00. The van der Waals surface area contributed by atoms with E-state index in [9.17, 15) is 9.90 Å². The molecule has 122 valence electrons. The van der Waals surface area contributed by atoms with Crippen LogP contribution in [0.4, 0.5) is 4.79 Å². The Morgan fingerprint density at radius 3 is 2.59 bits per heavy atom. The molecule has 1 aliphatic rings. The van der Waals surface area contributed by atoms with Crippen molar-refractivity contribution in [2.75, 3.05) is 19.7 Å². The molecule has 5 nitrogen and oxygen atoms in total. The van der Waals surface area contributed by atoms with Crippen LogP contribution < -0.4 is 5.32 Å². The fourth-order valence-electron chi connectivity index (χ4n) is 2.74. The second-order valence-corrected chi connectivity index (χ2v) is 6.88. The van der Waals surface area contributed by atoms with Crippen LogP contribution in [0.1, 0.15) is 26.3 Å². The molecule has 1 fully saturated rings. The first-order valence-corrected chi connectivity index (χ1v) is 7.74. The van der Waals surface area contributed by atoms with Crippen molar-refractivity contribution < 1.29 is 14.6 Å². The molecule has 1 saturated heterocycles. The highest BCUT2D eigenvalue weighted by Crippen LogP contribution is 2.19. The second kappa shape index (κ2) is 7.11. The summed E-state index contributed by atoms with van der Waals surface area (Å²) in [6.07, 6.45) is -0.419. The molecule has 1 aliphatic heterocycles. The van der Waals surface area contributed by atoms with Crippen LogP contribution in [0.5, 0.6) is 0 Å². The summed E-state index contributed by atoms with van der Waals surface area (Å²) in [6.45, 7) is 7.90. The number of aliphatic hydroxyl groups excluding tert-OH is 1. The van der Waals surface area contributed by atoms with E-state index in [0.717, 1.165) is 19.6 Å². The monoisotopic (exact) mass is 306 g/mol. The fourth-order valence-corrected chi connectivity index (χ4v) is 2.74. The molecular formula is C17H26N2O3. The minimum absolute atomic E-state index is 0.0382. The van der Waals surface area contributed by atoms with Crippen LogP contribution >= 0.6 is 0 Å². The Morgan fingerprint density at radius 1 is 1.32 bits per heavy atom. The number of carbonyl (C=O) groups excluding carboxylic acids is 1. The standard InChI is InChI=1S/C17H26N2O3/c1-17(2,3)22-16(21)18-15-11-19(10-14(15)12-20)9-13-7-5-4-6-8-13/h4-8,14-15,20H,9-12H2,1-3H3,(H,18,21)/t14-,15+/m0/s1. The van der Waals surface area contributed by atoms with Crippen LogP contribution in [0, 0.1) is 5.92 Å². The van der Waals surface area contributed by atoms with Crippen LogP contribution in [0.3, 0.4) is 0 Å². The summed E-state index contributed by atoms with van der Waals surface area (Å²) >= 11 is 0. The molecule has 2 atom stereocenters. The summed E-state index contributed by atoms with van der Waals surface area (Å²) < 4.78 is 5.30. The fraction of sp³-hybridized carbons (Fsp3) is 0.588. The van der Waals surface area contributed by atoms with Crippen LogP contribution in [0.25, 0.3) is 0 Å². The van der Waals surface area contributed by atoms with Gasteiger partial charge in [-0.05, 0) is 26.3 Å². The maximum absolute atomic E-state index is 11.9. The van der Waals surface area contributed by atoms with E-state index in [1.165, 1.54) is 5.56 Å². The lowest BCUT2D eigenvalue weighted by Gasteiger charge is -2.23. The average Bonchev–Trinajstić information content (AvgIpc) is 2.79. The Bertz CT molecular complexity index is 484. The number of rotatable bonds is 4. The summed E-state index contributed by atoms with van der Waals surface area (Å²) in [4.78, 5) is 14.2. The number of nitrogens with one attached hydrogen (secondary N) is 1. The second-order valence-electron chi connectivity index (χ2n) is 6.88. The lowest BCUT2D eigenvalue weighted by atomic mass is 10.1. The number of amides is 1. The minimum Gasteiger partial charge on any atom is -0.444 e. The Hall–Kier alpha value is -1.59. The van der Waals surface area contributed by atoms with E-state index in [0.29, 0.717) is 0 Å². The number of carbonyl (C=O) groups is 1. The van der Waals surface area contributed by atoms with Crippen LogP contribution in [-0.2, 0) is 11.3 Å². The van der Waals surface area contributed by atoms with Gasteiger partial charge in [0, 0.05) is 32.2 Å². The molecule has 1 aromatic rings. The number of alkyl carbamates (subject to hydrolysis) is 1. The molecule has 1 heterocycles. The summed E-state index contributed by atoms with van der Waals surface area (Å²) in [5, 5.41) is 12.4. The number of nitrogens with zero attached hydrogens (tertiary/aromatic N) is 1. The molecule has 22 heavy (non-hydrogen) atoms. The van der Waals surface area contributed by atoms with Crippen molar-refractivity contribution in [2.45, 2.75) is 39.0 Å². The number of aliphatic hydroxyl groups is 1. The smallest absolute Gasteiger partial charge is 0.407 e. The number of hydrogen-bond donors (Lipinski definition) is 2.